The van der Waals surface area contributed by atoms with E-state index in [-0.39, 0.29) is 23.1 Å². The number of Topliss-reactive ketones (excluding diaryl/α,β-unsaturated/α-hetero) is 1. The molecule has 0 fully saturated rings. The first-order valence-corrected chi connectivity index (χ1v) is 19.7. The maximum Gasteiger partial charge on any atom is 0.201 e. The minimum absolute atomic E-state index is 0.0205. The summed E-state index contributed by atoms with van der Waals surface area (Å²) in [6, 6.07) is 21.0. The number of carbonyl (C=O) groups excluding carboxylic acids is 1. The van der Waals surface area contributed by atoms with Crippen molar-refractivity contribution in [3.05, 3.63) is 123 Å². The molecule has 0 amide bonds. The van der Waals surface area contributed by atoms with Crippen LogP contribution in [0.4, 0.5) is 14.5 Å². The molecule has 2 heterocycles. The van der Waals surface area contributed by atoms with Gasteiger partial charge in [-0.05, 0) is 54.9 Å². The Morgan fingerprint density at radius 2 is 1.56 bits per heavy atom. The summed E-state index contributed by atoms with van der Waals surface area (Å²) in [6.45, 7) is 2.21. The van der Waals surface area contributed by atoms with Gasteiger partial charge in [0.15, 0.2) is 5.78 Å². The number of carbonyl (C=O) groups is 1. The van der Waals surface area contributed by atoms with E-state index in [0.717, 1.165) is 21.6 Å². The van der Waals surface area contributed by atoms with Crippen LogP contribution in [0.1, 0.15) is 34.0 Å². The molecule has 0 unspecified atom stereocenters. The van der Waals surface area contributed by atoms with E-state index in [1.807, 2.05) is 49.5 Å². The van der Waals surface area contributed by atoms with Crippen molar-refractivity contribution in [3.63, 3.8) is 0 Å². The zero-order valence-electron chi connectivity index (χ0n) is 22.3. The van der Waals surface area contributed by atoms with Gasteiger partial charge in [-0.3, -0.25) is 14.5 Å². The number of aromatic nitrogens is 1. The van der Waals surface area contributed by atoms with Crippen LogP contribution in [0.5, 0.6) is 0 Å². The lowest BCUT2D eigenvalue weighted by Gasteiger charge is -2.18. The third-order valence-corrected chi connectivity index (χ3v) is 7.99. The van der Waals surface area contributed by atoms with Crippen LogP contribution in [0.2, 0.25) is 0 Å². The van der Waals surface area contributed by atoms with Crippen LogP contribution >= 0.6 is 48.6 Å². The zero-order valence-corrected chi connectivity index (χ0v) is 27.5. The molecule has 3 aromatic carbocycles. The summed E-state index contributed by atoms with van der Waals surface area (Å²) in [7, 11) is 1.96. The van der Waals surface area contributed by atoms with E-state index in [1.54, 1.807) is 16.7 Å². The maximum absolute atomic E-state index is 14.6. The molecule has 0 spiro atoms. The largest absolute Gasteiger partial charge is 0.399 e. The van der Waals surface area contributed by atoms with E-state index < -0.39 is 17.4 Å². The van der Waals surface area contributed by atoms with E-state index in [9.17, 15) is 18.4 Å². The van der Waals surface area contributed by atoms with E-state index in [1.165, 1.54) is 42.7 Å². The Balaban J connectivity index is 0.00000189. The molecular formula is C31H27F2I2N3O2S. The molecule has 2 aromatic heterocycles. The molecule has 10 heteroatoms. The highest BCUT2D eigenvalue weighted by Crippen LogP contribution is 2.39. The maximum atomic E-state index is 14.6. The van der Waals surface area contributed by atoms with Gasteiger partial charge < -0.3 is 10.3 Å². The molecule has 0 atom stereocenters. The third kappa shape index (κ3) is 7.04. The standard InChI is InChI=1S/C31H27F2N3O2S.I2/c1-19(37)23-17-36(18-24-26(32)9-6-10-27(24)33)31-28(29(23)38)25(16-35(2)15-20-7-4-3-5-8-20)30(39-31)21-11-13-22(34)14-12-21;1-2/h3-14,17H,15-16,18,34H2,1-2H3;. The lowest BCUT2D eigenvalue weighted by Crippen LogP contribution is -2.21. The molecule has 0 aliphatic carbocycles. The fourth-order valence-corrected chi connectivity index (χ4v) is 6.05. The number of nitrogens with two attached hydrogens (primary N) is 1. The second-order valence-electron chi connectivity index (χ2n) is 9.63. The van der Waals surface area contributed by atoms with Gasteiger partial charge in [0.05, 0.1) is 17.5 Å². The zero-order chi connectivity index (χ0) is 29.7. The average Bonchev–Trinajstić information content (AvgIpc) is 3.33. The number of rotatable bonds is 8. The van der Waals surface area contributed by atoms with Crippen molar-refractivity contribution < 1.29 is 13.6 Å². The molecule has 0 saturated carbocycles. The quantitative estimate of drug-likeness (QED) is 0.0977. The minimum atomic E-state index is -0.690. The third-order valence-electron chi connectivity index (χ3n) is 6.67. The number of fused-ring (bicyclic) bond motifs is 1. The normalized spacial score (nSPS) is 11.0. The molecule has 5 rings (SSSR count). The summed E-state index contributed by atoms with van der Waals surface area (Å²) in [4.78, 5) is 29.8. The van der Waals surface area contributed by atoms with Crippen LogP contribution in [0, 0.1) is 11.6 Å². The monoisotopic (exact) mass is 797 g/mol. The second-order valence-corrected chi connectivity index (χ2v) is 10.6. The summed E-state index contributed by atoms with van der Waals surface area (Å²) < 4.78 is 30.9. The van der Waals surface area contributed by atoms with Gasteiger partial charge in [-0.25, -0.2) is 8.78 Å². The van der Waals surface area contributed by atoms with Gasteiger partial charge in [0, 0.05) is 72.6 Å². The topological polar surface area (TPSA) is 68.3 Å². The van der Waals surface area contributed by atoms with E-state index in [4.69, 9.17) is 5.73 Å². The Labute approximate surface area is 264 Å². The van der Waals surface area contributed by atoms with Crippen molar-refractivity contribution in [2.45, 2.75) is 26.6 Å². The number of anilines is 1. The van der Waals surface area contributed by atoms with Gasteiger partial charge in [0.1, 0.15) is 16.5 Å². The Kier molecular flexibility index (Phi) is 10.7. The fraction of sp³-hybridized carbons (Fsp3) is 0.161. The number of thiophene rings is 1. The molecule has 2 N–H and O–H groups in total. The van der Waals surface area contributed by atoms with Crippen LogP contribution in [-0.2, 0) is 19.6 Å². The van der Waals surface area contributed by atoms with Crippen molar-refractivity contribution in [2.24, 2.45) is 0 Å². The van der Waals surface area contributed by atoms with Crippen LogP contribution in [0.15, 0.2) is 83.8 Å². The first kappa shape index (κ1) is 31.3. The Hall–Kier alpha value is -2.68. The predicted molar refractivity (Wildman–Crippen MR) is 181 cm³/mol. The van der Waals surface area contributed by atoms with Crippen molar-refractivity contribution in [1.29, 1.82) is 0 Å². The number of nitrogens with zero attached hydrogens (tertiary/aromatic N) is 2. The highest BCUT2D eigenvalue weighted by Gasteiger charge is 2.24. The molecule has 0 bridgehead atoms. The average molecular weight is 797 g/mol. The van der Waals surface area contributed by atoms with Crippen LogP contribution in [0.25, 0.3) is 20.7 Å². The number of nitrogen functional groups attached to an aromatic ring is 1. The Morgan fingerprint density at radius 3 is 2.17 bits per heavy atom. The van der Waals surface area contributed by atoms with Crippen molar-refractivity contribution in [3.8, 4) is 10.4 Å². The van der Waals surface area contributed by atoms with Gasteiger partial charge in [0.25, 0.3) is 0 Å². The molecule has 212 valence electrons. The molecule has 0 saturated heterocycles. The number of hydrogen-bond donors (Lipinski definition) is 1. The van der Waals surface area contributed by atoms with Gasteiger partial charge >= 0.3 is 0 Å². The second kappa shape index (κ2) is 14.0. The number of benzene rings is 3. The fourth-order valence-electron chi connectivity index (χ4n) is 4.76. The van der Waals surface area contributed by atoms with Gasteiger partial charge in [0.2, 0.25) is 5.43 Å². The minimum Gasteiger partial charge on any atom is -0.399 e. The number of pyridine rings is 1. The Morgan fingerprint density at radius 1 is 0.927 bits per heavy atom. The Bertz CT molecular complexity index is 1720. The molecular weight excluding hydrogens is 770 g/mol. The molecule has 5 nitrogen and oxygen atoms in total. The summed E-state index contributed by atoms with van der Waals surface area (Å²) in [5.74, 6) is -1.79. The highest BCUT2D eigenvalue weighted by atomic mass is 128. The van der Waals surface area contributed by atoms with Gasteiger partial charge in [-0.1, -0.05) is 48.5 Å². The van der Waals surface area contributed by atoms with Crippen molar-refractivity contribution in [2.75, 3.05) is 12.8 Å². The summed E-state index contributed by atoms with van der Waals surface area (Å²) in [6.07, 6.45) is 1.42. The number of hydrogen-bond acceptors (Lipinski definition) is 5. The predicted octanol–water partition coefficient (Wildman–Crippen LogP) is 8.24. The first-order valence-electron chi connectivity index (χ1n) is 12.6. The molecule has 5 aromatic rings. The lowest BCUT2D eigenvalue weighted by atomic mass is 10.0. The van der Waals surface area contributed by atoms with Crippen molar-refractivity contribution >= 4 is 70.3 Å². The van der Waals surface area contributed by atoms with Crippen LogP contribution in [0.3, 0.4) is 0 Å². The van der Waals surface area contributed by atoms with Gasteiger partial charge in [-0.15, -0.1) is 11.3 Å². The van der Waals surface area contributed by atoms with Crippen LogP contribution in [-0.4, -0.2) is 22.3 Å². The lowest BCUT2D eigenvalue weighted by molar-refractivity contribution is 0.101. The van der Waals surface area contributed by atoms with E-state index in [2.05, 4.69) is 42.1 Å². The highest BCUT2D eigenvalue weighted by molar-refractivity contribution is 15.0. The first-order chi connectivity index (χ1) is 19.7. The molecule has 0 radical (unpaired) electrons. The molecule has 41 heavy (non-hydrogen) atoms. The number of ketones is 1. The van der Waals surface area contributed by atoms with Crippen molar-refractivity contribution in [1.82, 2.24) is 9.47 Å². The van der Waals surface area contributed by atoms with E-state index in [0.29, 0.717) is 29.0 Å². The van der Waals surface area contributed by atoms with Crippen LogP contribution < -0.4 is 11.2 Å². The summed E-state index contributed by atoms with van der Waals surface area (Å²) in [5.41, 5.74) is 8.73. The smallest absolute Gasteiger partial charge is 0.201 e. The van der Waals surface area contributed by atoms with Gasteiger partial charge in [-0.2, -0.15) is 0 Å². The SMILES string of the molecule is CC(=O)c1cn(Cc2c(F)cccc2F)c2sc(-c3ccc(N)cc3)c(CN(C)Cc3ccccc3)c2c1=O.II. The van der Waals surface area contributed by atoms with E-state index >= 15 is 0 Å². The summed E-state index contributed by atoms with van der Waals surface area (Å²) in [5, 5.41) is 0.385. The summed E-state index contributed by atoms with van der Waals surface area (Å²) >= 11 is 5.60. The molecule has 0 aliphatic rings. The number of halogens is 4. The molecule has 0 aliphatic heterocycles.